The molecule has 6 nitrogen and oxygen atoms in total. The number of methoxy groups -OCH3 is 1. The van der Waals surface area contributed by atoms with Crippen molar-refractivity contribution in [3.05, 3.63) is 63.9 Å². The average Bonchev–Trinajstić information content (AvgIpc) is 2.73. The van der Waals surface area contributed by atoms with E-state index in [0.29, 0.717) is 13.1 Å². The number of rotatable bonds is 5. The van der Waals surface area contributed by atoms with E-state index in [2.05, 4.69) is 39.9 Å². The van der Waals surface area contributed by atoms with E-state index in [-0.39, 0.29) is 11.7 Å². The molecule has 2 N–H and O–H groups in total. The number of aromatic amines is 1. The standard InChI is InChI=1S/C24H29N3O3/c1-16-11-19(27-10-4-5-20(28)15-27)7-9-23(16)26(2)14-18-12-17-6-8-21(30-3)13-22(17)25-24(18)29/h6-9,11-13,20,28H,4-5,10,14-15H2,1-3H3,(H,25,29). The number of aryl methyl sites for hydroxylation is 1. The number of piperidine rings is 1. The van der Waals surface area contributed by atoms with Crippen LogP contribution in [-0.4, -0.2) is 43.4 Å². The molecule has 1 fully saturated rings. The van der Waals surface area contributed by atoms with E-state index in [4.69, 9.17) is 4.74 Å². The molecule has 4 rings (SSSR count). The van der Waals surface area contributed by atoms with Gasteiger partial charge in [-0.3, -0.25) is 4.79 Å². The summed E-state index contributed by atoms with van der Waals surface area (Å²) in [7, 11) is 3.62. The number of H-pyrrole nitrogens is 1. The first kappa shape index (κ1) is 20.3. The molecule has 2 aromatic carbocycles. The van der Waals surface area contributed by atoms with Gasteiger partial charge in [0.15, 0.2) is 0 Å². The Labute approximate surface area is 176 Å². The van der Waals surface area contributed by atoms with Crippen LogP contribution < -0.4 is 20.1 Å². The molecule has 1 aliphatic heterocycles. The molecule has 0 radical (unpaired) electrons. The maximum atomic E-state index is 12.6. The highest BCUT2D eigenvalue weighted by molar-refractivity contribution is 5.80. The summed E-state index contributed by atoms with van der Waals surface area (Å²) in [5.74, 6) is 0.722. The van der Waals surface area contributed by atoms with E-state index in [9.17, 15) is 9.90 Å². The zero-order valence-corrected chi connectivity index (χ0v) is 17.8. The number of aromatic nitrogens is 1. The van der Waals surface area contributed by atoms with Crippen LogP contribution >= 0.6 is 0 Å². The molecule has 0 saturated carbocycles. The first-order chi connectivity index (χ1) is 14.4. The molecular weight excluding hydrogens is 378 g/mol. The fourth-order valence-corrected chi connectivity index (χ4v) is 4.26. The highest BCUT2D eigenvalue weighted by Crippen LogP contribution is 2.28. The van der Waals surface area contributed by atoms with E-state index >= 15 is 0 Å². The fraction of sp³-hybridized carbons (Fsp3) is 0.375. The Kier molecular flexibility index (Phi) is 5.68. The lowest BCUT2D eigenvalue weighted by molar-refractivity contribution is 0.154. The van der Waals surface area contributed by atoms with Gasteiger partial charge in [-0.15, -0.1) is 0 Å². The first-order valence-electron chi connectivity index (χ1n) is 10.4. The summed E-state index contributed by atoms with van der Waals surface area (Å²) >= 11 is 0. The molecule has 3 aromatic rings. The van der Waals surface area contributed by atoms with Gasteiger partial charge in [0.1, 0.15) is 5.75 Å². The number of pyridine rings is 1. The molecule has 0 bridgehead atoms. The summed E-state index contributed by atoms with van der Waals surface area (Å²) < 4.78 is 5.24. The lowest BCUT2D eigenvalue weighted by Gasteiger charge is -2.33. The van der Waals surface area contributed by atoms with Crippen molar-refractivity contribution < 1.29 is 9.84 Å². The molecular formula is C24H29N3O3. The van der Waals surface area contributed by atoms with Gasteiger partial charge >= 0.3 is 0 Å². The van der Waals surface area contributed by atoms with Crippen LogP contribution in [-0.2, 0) is 6.54 Å². The van der Waals surface area contributed by atoms with Gasteiger partial charge in [-0.1, -0.05) is 0 Å². The van der Waals surface area contributed by atoms with E-state index < -0.39 is 0 Å². The first-order valence-corrected chi connectivity index (χ1v) is 10.4. The second-order valence-electron chi connectivity index (χ2n) is 8.15. The van der Waals surface area contributed by atoms with Gasteiger partial charge in [-0.05, 0) is 67.1 Å². The van der Waals surface area contributed by atoms with Crippen LogP contribution in [0.3, 0.4) is 0 Å². The van der Waals surface area contributed by atoms with Crippen molar-refractivity contribution in [2.24, 2.45) is 0 Å². The van der Waals surface area contributed by atoms with Crippen molar-refractivity contribution >= 4 is 22.3 Å². The lowest BCUT2D eigenvalue weighted by atomic mass is 10.1. The van der Waals surface area contributed by atoms with Crippen LogP contribution in [0.1, 0.15) is 24.0 Å². The number of aliphatic hydroxyl groups is 1. The predicted molar refractivity (Wildman–Crippen MR) is 122 cm³/mol. The van der Waals surface area contributed by atoms with Crippen LogP contribution in [0, 0.1) is 6.92 Å². The van der Waals surface area contributed by atoms with Crippen molar-refractivity contribution in [2.45, 2.75) is 32.4 Å². The van der Waals surface area contributed by atoms with Crippen molar-refractivity contribution in [1.82, 2.24) is 4.98 Å². The van der Waals surface area contributed by atoms with E-state index in [1.807, 2.05) is 31.3 Å². The van der Waals surface area contributed by atoms with Gasteiger partial charge in [0.05, 0.1) is 18.7 Å². The van der Waals surface area contributed by atoms with Crippen LogP contribution in [0.5, 0.6) is 5.75 Å². The summed E-state index contributed by atoms with van der Waals surface area (Å²) in [6, 6.07) is 14.0. The zero-order valence-electron chi connectivity index (χ0n) is 17.8. The number of nitrogens with one attached hydrogen (secondary N) is 1. The Balaban J connectivity index is 1.55. The number of anilines is 2. The molecule has 0 spiro atoms. The van der Waals surface area contributed by atoms with Crippen molar-refractivity contribution in [1.29, 1.82) is 0 Å². The normalized spacial score (nSPS) is 16.7. The molecule has 2 heterocycles. The Hall–Kier alpha value is -2.99. The Morgan fingerprint density at radius 3 is 2.80 bits per heavy atom. The minimum Gasteiger partial charge on any atom is -0.497 e. The summed E-state index contributed by atoms with van der Waals surface area (Å²) in [5.41, 5.74) is 4.79. The van der Waals surface area contributed by atoms with E-state index in [1.165, 1.54) is 0 Å². The molecule has 1 aliphatic rings. The number of hydrogen-bond donors (Lipinski definition) is 2. The topological polar surface area (TPSA) is 68.8 Å². The summed E-state index contributed by atoms with van der Waals surface area (Å²) in [4.78, 5) is 19.9. The second kappa shape index (κ2) is 8.40. The van der Waals surface area contributed by atoms with Crippen molar-refractivity contribution in [2.75, 3.05) is 37.0 Å². The molecule has 6 heteroatoms. The summed E-state index contributed by atoms with van der Waals surface area (Å²) in [6.07, 6.45) is 1.64. The van der Waals surface area contributed by atoms with Gasteiger partial charge in [0, 0.05) is 49.7 Å². The number of fused-ring (bicyclic) bond motifs is 1. The van der Waals surface area contributed by atoms with Crippen LogP contribution in [0.2, 0.25) is 0 Å². The minimum atomic E-state index is -0.249. The molecule has 30 heavy (non-hydrogen) atoms. The second-order valence-corrected chi connectivity index (χ2v) is 8.15. The number of β-amino-alcohol motifs (C(OH)–C–C–N with tert-alkyl or cyclic N) is 1. The van der Waals surface area contributed by atoms with Crippen LogP contribution in [0.4, 0.5) is 11.4 Å². The zero-order chi connectivity index (χ0) is 21.3. The van der Waals surface area contributed by atoms with Crippen molar-refractivity contribution in [3.63, 3.8) is 0 Å². The number of benzene rings is 2. The number of aliphatic hydroxyl groups excluding tert-OH is 1. The predicted octanol–water partition coefficient (Wildman–Crippen LogP) is 3.44. The van der Waals surface area contributed by atoms with Gasteiger partial charge < -0.3 is 24.6 Å². The maximum absolute atomic E-state index is 12.6. The minimum absolute atomic E-state index is 0.0841. The number of nitrogens with zero attached hydrogens (tertiary/aromatic N) is 2. The number of hydrogen-bond acceptors (Lipinski definition) is 5. The van der Waals surface area contributed by atoms with Gasteiger partial charge in [0.2, 0.25) is 0 Å². The monoisotopic (exact) mass is 407 g/mol. The lowest BCUT2D eigenvalue weighted by Crippen LogP contribution is -2.38. The molecule has 158 valence electrons. The van der Waals surface area contributed by atoms with E-state index in [1.54, 1.807) is 7.11 Å². The summed E-state index contributed by atoms with van der Waals surface area (Å²) in [6.45, 7) is 4.27. The van der Waals surface area contributed by atoms with Gasteiger partial charge in [-0.2, -0.15) is 0 Å². The average molecular weight is 408 g/mol. The SMILES string of the molecule is COc1ccc2cc(CN(C)c3ccc(N4CCCC(O)C4)cc3C)c(=O)[nH]c2c1. The molecule has 1 unspecified atom stereocenters. The third-order valence-electron chi connectivity index (χ3n) is 5.89. The molecule has 0 amide bonds. The third kappa shape index (κ3) is 4.14. The number of ether oxygens (including phenoxy) is 1. The summed E-state index contributed by atoms with van der Waals surface area (Å²) in [5, 5.41) is 10.9. The van der Waals surface area contributed by atoms with Crippen molar-refractivity contribution in [3.8, 4) is 5.75 Å². The van der Waals surface area contributed by atoms with Crippen LogP contribution in [0.25, 0.3) is 10.9 Å². The Morgan fingerprint density at radius 1 is 1.23 bits per heavy atom. The third-order valence-corrected chi connectivity index (χ3v) is 5.89. The quantitative estimate of drug-likeness (QED) is 0.678. The molecule has 0 aliphatic carbocycles. The fourth-order valence-electron chi connectivity index (χ4n) is 4.26. The van der Waals surface area contributed by atoms with E-state index in [0.717, 1.165) is 58.5 Å². The Morgan fingerprint density at radius 2 is 2.07 bits per heavy atom. The van der Waals surface area contributed by atoms with Gasteiger partial charge in [0.25, 0.3) is 5.56 Å². The van der Waals surface area contributed by atoms with Gasteiger partial charge in [-0.25, -0.2) is 0 Å². The Bertz CT molecular complexity index is 1110. The van der Waals surface area contributed by atoms with Crippen LogP contribution in [0.15, 0.2) is 47.3 Å². The molecule has 1 atom stereocenters. The largest absolute Gasteiger partial charge is 0.497 e. The highest BCUT2D eigenvalue weighted by Gasteiger charge is 2.19. The molecule has 1 saturated heterocycles. The maximum Gasteiger partial charge on any atom is 0.253 e. The smallest absolute Gasteiger partial charge is 0.253 e. The molecule has 1 aromatic heterocycles. The highest BCUT2D eigenvalue weighted by atomic mass is 16.5.